The molecule has 1 heterocycles. The summed E-state index contributed by atoms with van der Waals surface area (Å²) in [6.45, 7) is 4.30. The molecular weight excluding hydrogens is 408 g/mol. The second kappa shape index (κ2) is 9.13. The SMILES string of the molecule is CCNC(=O)Nc1ccc(Oc2ccnc3cc(OC)c(C(=O)NC4CC4)cc23)cc1C. The minimum Gasteiger partial charge on any atom is -0.496 e. The molecule has 0 radical (unpaired) electrons. The third-order valence-corrected chi connectivity index (χ3v) is 5.19. The van der Waals surface area contributed by atoms with E-state index in [4.69, 9.17) is 9.47 Å². The number of hydrogen-bond donors (Lipinski definition) is 3. The van der Waals surface area contributed by atoms with Crippen LogP contribution in [0.25, 0.3) is 10.9 Å². The van der Waals surface area contributed by atoms with E-state index in [9.17, 15) is 9.59 Å². The molecule has 0 bridgehead atoms. The Hall–Kier alpha value is -3.81. The summed E-state index contributed by atoms with van der Waals surface area (Å²) in [6.07, 6.45) is 3.66. The van der Waals surface area contributed by atoms with E-state index in [0.29, 0.717) is 45.9 Å². The number of nitrogens with zero attached hydrogens (tertiary/aromatic N) is 1. The number of hydrogen-bond acceptors (Lipinski definition) is 5. The molecule has 1 saturated carbocycles. The van der Waals surface area contributed by atoms with Crippen molar-refractivity contribution in [2.75, 3.05) is 19.0 Å². The Morgan fingerprint density at radius 2 is 1.94 bits per heavy atom. The molecule has 3 N–H and O–H groups in total. The van der Waals surface area contributed by atoms with Crippen LogP contribution in [0.2, 0.25) is 0 Å². The summed E-state index contributed by atoms with van der Waals surface area (Å²) in [4.78, 5) is 28.9. The molecule has 8 heteroatoms. The van der Waals surface area contributed by atoms with Crippen LogP contribution in [-0.4, -0.2) is 36.6 Å². The number of urea groups is 1. The van der Waals surface area contributed by atoms with Crippen molar-refractivity contribution in [2.24, 2.45) is 0 Å². The molecule has 0 aliphatic heterocycles. The second-order valence-corrected chi connectivity index (χ2v) is 7.69. The summed E-state index contributed by atoms with van der Waals surface area (Å²) >= 11 is 0. The first-order valence-corrected chi connectivity index (χ1v) is 10.6. The number of anilines is 1. The van der Waals surface area contributed by atoms with E-state index >= 15 is 0 Å². The van der Waals surface area contributed by atoms with Gasteiger partial charge in [-0.2, -0.15) is 0 Å². The third kappa shape index (κ3) is 4.74. The van der Waals surface area contributed by atoms with Gasteiger partial charge in [0.25, 0.3) is 5.91 Å². The highest BCUT2D eigenvalue weighted by Crippen LogP contribution is 2.34. The normalized spacial score (nSPS) is 12.8. The number of carbonyl (C=O) groups is 2. The Labute approximate surface area is 186 Å². The van der Waals surface area contributed by atoms with Crippen molar-refractivity contribution in [3.05, 3.63) is 53.7 Å². The number of pyridine rings is 1. The molecule has 0 unspecified atom stereocenters. The highest BCUT2D eigenvalue weighted by atomic mass is 16.5. The predicted octanol–water partition coefficient (Wildman–Crippen LogP) is 4.38. The lowest BCUT2D eigenvalue weighted by molar-refractivity contribution is 0.0948. The fourth-order valence-electron chi connectivity index (χ4n) is 3.37. The van der Waals surface area contributed by atoms with Crippen LogP contribution in [0.3, 0.4) is 0 Å². The van der Waals surface area contributed by atoms with Crippen molar-refractivity contribution in [3.63, 3.8) is 0 Å². The van der Waals surface area contributed by atoms with Crippen molar-refractivity contribution in [1.29, 1.82) is 0 Å². The number of methoxy groups -OCH3 is 1. The number of fused-ring (bicyclic) bond motifs is 1. The standard InChI is InChI=1S/C24H26N4O4/c1-4-25-24(30)28-19-8-7-16(11-14(19)2)32-21-9-10-26-20-13-22(31-3)18(12-17(20)21)23(29)27-15-5-6-15/h7-13,15H,4-6H2,1-3H3,(H,27,29)(H2,25,28,30). The molecule has 1 aliphatic rings. The van der Waals surface area contributed by atoms with Crippen molar-refractivity contribution >= 4 is 28.5 Å². The second-order valence-electron chi connectivity index (χ2n) is 7.69. The van der Waals surface area contributed by atoms with Gasteiger partial charge in [0.15, 0.2) is 0 Å². The van der Waals surface area contributed by atoms with E-state index in [0.717, 1.165) is 18.4 Å². The first-order valence-electron chi connectivity index (χ1n) is 10.6. The lowest BCUT2D eigenvalue weighted by Crippen LogP contribution is -2.28. The van der Waals surface area contributed by atoms with Gasteiger partial charge in [-0.1, -0.05) is 0 Å². The van der Waals surface area contributed by atoms with Gasteiger partial charge in [0.05, 0.1) is 18.2 Å². The smallest absolute Gasteiger partial charge is 0.319 e. The minimum atomic E-state index is -0.254. The molecule has 0 atom stereocenters. The van der Waals surface area contributed by atoms with Crippen LogP contribution in [0, 0.1) is 6.92 Å². The maximum Gasteiger partial charge on any atom is 0.319 e. The van der Waals surface area contributed by atoms with Crippen LogP contribution in [0.5, 0.6) is 17.2 Å². The summed E-state index contributed by atoms with van der Waals surface area (Å²) in [6, 6.07) is 10.7. The van der Waals surface area contributed by atoms with Crippen molar-refractivity contribution in [1.82, 2.24) is 15.6 Å². The Morgan fingerprint density at radius 3 is 2.62 bits per heavy atom. The number of amides is 3. The van der Waals surface area contributed by atoms with E-state index in [1.165, 1.54) is 7.11 Å². The van der Waals surface area contributed by atoms with Gasteiger partial charge in [-0.15, -0.1) is 0 Å². The van der Waals surface area contributed by atoms with E-state index in [1.807, 2.05) is 19.9 Å². The predicted molar refractivity (Wildman–Crippen MR) is 123 cm³/mol. The number of aryl methyl sites for hydroxylation is 1. The molecule has 1 aliphatic carbocycles. The zero-order valence-electron chi connectivity index (χ0n) is 18.3. The van der Waals surface area contributed by atoms with Gasteiger partial charge in [0, 0.05) is 35.9 Å². The largest absolute Gasteiger partial charge is 0.496 e. The zero-order chi connectivity index (χ0) is 22.7. The first kappa shape index (κ1) is 21.4. The average Bonchev–Trinajstić information content (AvgIpc) is 3.59. The van der Waals surface area contributed by atoms with Crippen molar-refractivity contribution < 1.29 is 19.1 Å². The van der Waals surface area contributed by atoms with Crippen LogP contribution in [-0.2, 0) is 0 Å². The van der Waals surface area contributed by atoms with Gasteiger partial charge >= 0.3 is 6.03 Å². The molecule has 32 heavy (non-hydrogen) atoms. The number of rotatable bonds is 7. The summed E-state index contributed by atoms with van der Waals surface area (Å²) in [5.41, 5.74) is 2.67. The molecule has 1 aromatic heterocycles. The van der Waals surface area contributed by atoms with Crippen LogP contribution in [0.1, 0.15) is 35.7 Å². The molecule has 0 saturated heterocycles. The third-order valence-electron chi connectivity index (χ3n) is 5.19. The molecule has 4 rings (SSSR count). The fraction of sp³-hybridized carbons (Fsp3) is 0.292. The Balaban J connectivity index is 1.63. The maximum absolute atomic E-state index is 12.7. The highest BCUT2D eigenvalue weighted by molar-refractivity contribution is 6.02. The number of carbonyl (C=O) groups excluding carboxylic acids is 2. The Bertz CT molecular complexity index is 1170. The average molecular weight is 434 g/mol. The molecule has 1 fully saturated rings. The topological polar surface area (TPSA) is 102 Å². The van der Waals surface area contributed by atoms with Crippen molar-refractivity contribution in [2.45, 2.75) is 32.7 Å². The van der Waals surface area contributed by atoms with Gasteiger partial charge in [-0.05, 0) is 62.6 Å². The molecule has 2 aromatic carbocycles. The Kier molecular flexibility index (Phi) is 6.11. The quantitative estimate of drug-likeness (QED) is 0.512. The van der Waals surface area contributed by atoms with Crippen LogP contribution < -0.4 is 25.4 Å². The van der Waals surface area contributed by atoms with Gasteiger partial charge in [-0.3, -0.25) is 9.78 Å². The Morgan fingerprint density at radius 1 is 1.12 bits per heavy atom. The van der Waals surface area contributed by atoms with E-state index in [1.54, 1.807) is 36.5 Å². The van der Waals surface area contributed by atoms with Gasteiger partial charge < -0.3 is 25.4 Å². The summed E-state index contributed by atoms with van der Waals surface area (Å²) in [5.74, 6) is 1.48. The highest BCUT2D eigenvalue weighted by Gasteiger charge is 2.26. The summed E-state index contributed by atoms with van der Waals surface area (Å²) in [5, 5.41) is 9.22. The summed E-state index contributed by atoms with van der Waals surface area (Å²) in [7, 11) is 1.54. The minimum absolute atomic E-state index is 0.169. The number of benzene rings is 2. The first-order chi connectivity index (χ1) is 15.5. The molecule has 166 valence electrons. The maximum atomic E-state index is 12.7. The lowest BCUT2D eigenvalue weighted by Gasteiger charge is -2.14. The van der Waals surface area contributed by atoms with Crippen LogP contribution in [0.15, 0.2) is 42.6 Å². The van der Waals surface area contributed by atoms with Crippen LogP contribution >= 0.6 is 0 Å². The fourth-order valence-corrected chi connectivity index (χ4v) is 3.37. The summed E-state index contributed by atoms with van der Waals surface area (Å²) < 4.78 is 11.6. The molecule has 3 aromatic rings. The lowest BCUT2D eigenvalue weighted by atomic mass is 10.1. The molecular formula is C24H26N4O4. The van der Waals surface area contributed by atoms with Gasteiger partial charge in [0.2, 0.25) is 0 Å². The number of ether oxygens (including phenoxy) is 2. The monoisotopic (exact) mass is 434 g/mol. The zero-order valence-corrected chi connectivity index (χ0v) is 18.3. The van der Waals surface area contributed by atoms with E-state index in [2.05, 4.69) is 20.9 Å². The van der Waals surface area contributed by atoms with Gasteiger partial charge in [-0.25, -0.2) is 4.79 Å². The van der Waals surface area contributed by atoms with E-state index < -0.39 is 0 Å². The number of nitrogens with one attached hydrogen (secondary N) is 3. The molecule has 8 nitrogen and oxygen atoms in total. The molecule has 3 amide bonds. The molecule has 0 spiro atoms. The van der Waals surface area contributed by atoms with Gasteiger partial charge in [0.1, 0.15) is 17.2 Å². The van der Waals surface area contributed by atoms with Crippen LogP contribution in [0.4, 0.5) is 10.5 Å². The van der Waals surface area contributed by atoms with E-state index in [-0.39, 0.29) is 18.0 Å². The number of aromatic nitrogens is 1. The van der Waals surface area contributed by atoms with Crippen molar-refractivity contribution in [3.8, 4) is 17.2 Å².